The second-order valence-corrected chi connectivity index (χ2v) is 10.8. The number of ketones is 1. The zero-order chi connectivity index (χ0) is 25.1. The first-order valence-corrected chi connectivity index (χ1v) is 13.0. The van der Waals surface area contributed by atoms with Crippen molar-refractivity contribution < 1.29 is 9.59 Å². The maximum Gasteiger partial charge on any atom is 0.269 e. The molecule has 0 aliphatic carbocycles. The van der Waals surface area contributed by atoms with Crippen LogP contribution in [0.2, 0.25) is 5.02 Å². The number of piperidine rings is 1. The summed E-state index contributed by atoms with van der Waals surface area (Å²) in [7, 11) is 0. The molecule has 1 fully saturated rings. The number of hydrogen-bond donors (Lipinski definition) is 0. The molecule has 1 amide bonds. The van der Waals surface area contributed by atoms with Crippen LogP contribution in [0.15, 0.2) is 47.3 Å². The van der Waals surface area contributed by atoms with Crippen molar-refractivity contribution >= 4 is 46.8 Å². The number of aryl methyl sites for hydroxylation is 2. The lowest BCUT2D eigenvalue weighted by Gasteiger charge is -2.30. The van der Waals surface area contributed by atoms with Gasteiger partial charge in [0.25, 0.3) is 5.56 Å². The van der Waals surface area contributed by atoms with Gasteiger partial charge in [0.15, 0.2) is 5.78 Å². The number of benzene rings is 2. The lowest BCUT2D eigenvalue weighted by Crippen LogP contribution is -2.43. The van der Waals surface area contributed by atoms with E-state index >= 15 is 0 Å². The Bertz CT molecular complexity index is 1410. The zero-order valence-corrected chi connectivity index (χ0v) is 21.8. The SMILES string of the molecule is Cc1cc(C)cc(C(=O)C=c2sc(=Cc3ccc(Cl)cc3)c(=O)n2CC(=O)N2CCC(C)CC2)c1. The van der Waals surface area contributed by atoms with Gasteiger partial charge in [-0.05, 0) is 68.5 Å². The number of amides is 1. The molecule has 0 saturated carbocycles. The molecule has 7 heteroatoms. The quantitative estimate of drug-likeness (QED) is 0.491. The third-order valence-electron chi connectivity index (χ3n) is 6.29. The third kappa shape index (κ3) is 6.19. The maximum absolute atomic E-state index is 13.4. The predicted octanol–water partition coefficient (Wildman–Crippen LogP) is 3.93. The molecule has 1 aromatic heterocycles. The topological polar surface area (TPSA) is 59.4 Å². The molecule has 1 aliphatic rings. The van der Waals surface area contributed by atoms with Gasteiger partial charge in [-0.25, -0.2) is 0 Å². The first-order valence-electron chi connectivity index (χ1n) is 11.8. The summed E-state index contributed by atoms with van der Waals surface area (Å²) in [5.74, 6) is 0.315. The second-order valence-electron chi connectivity index (χ2n) is 9.34. The number of likely N-dealkylation sites (tertiary alicyclic amines) is 1. The van der Waals surface area contributed by atoms with Gasteiger partial charge in [-0.1, -0.05) is 47.9 Å². The highest BCUT2D eigenvalue weighted by atomic mass is 35.5. The summed E-state index contributed by atoms with van der Waals surface area (Å²) in [5.41, 5.74) is 3.11. The average molecular weight is 509 g/mol. The van der Waals surface area contributed by atoms with Gasteiger partial charge >= 0.3 is 0 Å². The Morgan fingerprint density at radius 2 is 1.69 bits per heavy atom. The number of nitrogens with zero attached hydrogens (tertiary/aromatic N) is 2. The molecule has 2 aromatic carbocycles. The minimum atomic E-state index is -0.275. The first-order chi connectivity index (χ1) is 16.7. The fraction of sp³-hybridized carbons (Fsp3) is 0.321. The number of thiazole rings is 1. The van der Waals surface area contributed by atoms with Crippen molar-refractivity contribution in [2.24, 2.45) is 5.92 Å². The molecule has 1 saturated heterocycles. The Morgan fingerprint density at radius 1 is 1.06 bits per heavy atom. The van der Waals surface area contributed by atoms with E-state index in [0.29, 0.717) is 38.8 Å². The predicted molar refractivity (Wildman–Crippen MR) is 143 cm³/mol. The van der Waals surface area contributed by atoms with Crippen molar-refractivity contribution in [1.82, 2.24) is 9.47 Å². The van der Waals surface area contributed by atoms with E-state index in [0.717, 1.165) is 29.5 Å². The molecular weight excluding hydrogens is 480 g/mol. The van der Waals surface area contributed by atoms with Crippen molar-refractivity contribution in [2.75, 3.05) is 13.1 Å². The lowest BCUT2D eigenvalue weighted by molar-refractivity contribution is -0.133. The van der Waals surface area contributed by atoms with Crippen LogP contribution in [-0.4, -0.2) is 34.2 Å². The molecular formula is C28H29ClN2O3S. The van der Waals surface area contributed by atoms with E-state index < -0.39 is 0 Å². The van der Waals surface area contributed by atoms with Gasteiger partial charge in [-0.15, -0.1) is 11.3 Å². The molecule has 0 bridgehead atoms. The van der Waals surface area contributed by atoms with Gasteiger partial charge < -0.3 is 4.90 Å². The summed E-state index contributed by atoms with van der Waals surface area (Å²) >= 11 is 7.21. The monoisotopic (exact) mass is 508 g/mol. The highest BCUT2D eigenvalue weighted by molar-refractivity contribution is 7.07. The fourth-order valence-corrected chi connectivity index (χ4v) is 5.48. The van der Waals surface area contributed by atoms with Crippen molar-refractivity contribution in [2.45, 2.75) is 40.2 Å². The number of Topliss-reactive ketones (excluding diaryl/α,β-unsaturated/α-hetero) is 1. The van der Waals surface area contributed by atoms with Gasteiger partial charge in [-0.2, -0.15) is 0 Å². The molecule has 0 N–H and O–H groups in total. The number of halogens is 1. The third-order valence-corrected chi connectivity index (χ3v) is 7.61. The van der Waals surface area contributed by atoms with Crippen LogP contribution in [0.1, 0.15) is 46.8 Å². The fourth-order valence-electron chi connectivity index (χ4n) is 4.31. The molecule has 0 spiro atoms. The highest BCUT2D eigenvalue weighted by Crippen LogP contribution is 2.16. The van der Waals surface area contributed by atoms with E-state index in [-0.39, 0.29) is 23.8 Å². The summed E-state index contributed by atoms with van der Waals surface area (Å²) in [6.45, 7) is 7.40. The van der Waals surface area contributed by atoms with Gasteiger partial charge in [0, 0.05) is 29.8 Å². The van der Waals surface area contributed by atoms with E-state index in [9.17, 15) is 14.4 Å². The Hall–Kier alpha value is -2.96. The minimum absolute atomic E-state index is 0.0792. The number of carbonyl (C=O) groups excluding carboxylic acids is 2. The molecule has 1 aliphatic heterocycles. The Balaban J connectivity index is 1.76. The van der Waals surface area contributed by atoms with E-state index in [1.165, 1.54) is 22.0 Å². The van der Waals surface area contributed by atoms with Crippen molar-refractivity contribution in [1.29, 1.82) is 0 Å². The van der Waals surface area contributed by atoms with E-state index in [1.807, 2.05) is 49.1 Å². The molecule has 0 atom stereocenters. The Kier molecular flexibility index (Phi) is 7.72. The van der Waals surface area contributed by atoms with Gasteiger partial charge in [-0.3, -0.25) is 19.0 Å². The summed E-state index contributed by atoms with van der Waals surface area (Å²) < 4.78 is 2.37. The molecule has 3 aromatic rings. The number of aromatic nitrogens is 1. The Morgan fingerprint density at radius 3 is 2.31 bits per heavy atom. The van der Waals surface area contributed by atoms with Crippen molar-refractivity contribution in [3.05, 3.63) is 89.3 Å². The summed E-state index contributed by atoms with van der Waals surface area (Å²) in [4.78, 5) is 41.4. The molecule has 35 heavy (non-hydrogen) atoms. The molecule has 2 heterocycles. The van der Waals surface area contributed by atoms with Crippen LogP contribution in [0.4, 0.5) is 0 Å². The van der Waals surface area contributed by atoms with Crippen LogP contribution >= 0.6 is 22.9 Å². The number of rotatable bonds is 5. The lowest BCUT2D eigenvalue weighted by atomic mass is 9.99. The van der Waals surface area contributed by atoms with Crippen LogP contribution in [0, 0.1) is 19.8 Å². The smallest absolute Gasteiger partial charge is 0.269 e. The van der Waals surface area contributed by atoms with Gasteiger partial charge in [0.2, 0.25) is 5.91 Å². The van der Waals surface area contributed by atoms with E-state index in [1.54, 1.807) is 18.2 Å². The number of hydrogen-bond acceptors (Lipinski definition) is 4. The maximum atomic E-state index is 13.4. The Labute approximate surface area is 214 Å². The number of carbonyl (C=O) groups is 2. The van der Waals surface area contributed by atoms with E-state index in [2.05, 4.69) is 6.92 Å². The average Bonchev–Trinajstić information content (AvgIpc) is 3.09. The van der Waals surface area contributed by atoms with Gasteiger partial charge in [0.05, 0.1) is 4.53 Å². The largest absolute Gasteiger partial charge is 0.341 e. The summed E-state index contributed by atoms with van der Waals surface area (Å²) in [5, 5.41) is 0.611. The van der Waals surface area contributed by atoms with Crippen LogP contribution in [0.25, 0.3) is 12.2 Å². The van der Waals surface area contributed by atoms with Crippen molar-refractivity contribution in [3.63, 3.8) is 0 Å². The molecule has 5 nitrogen and oxygen atoms in total. The molecule has 4 rings (SSSR count). The van der Waals surface area contributed by atoms with Crippen LogP contribution < -0.4 is 14.8 Å². The standard InChI is InChI=1S/C28H29ClN2O3S/c1-18-8-10-30(11-9-18)26(33)17-31-27(16-24(32)22-13-19(2)12-20(3)14-22)35-25(28(31)34)15-21-4-6-23(29)7-5-21/h4-7,12-16,18H,8-11,17H2,1-3H3. The van der Waals surface area contributed by atoms with Gasteiger partial charge in [0.1, 0.15) is 11.2 Å². The van der Waals surface area contributed by atoms with Crippen LogP contribution in [0.5, 0.6) is 0 Å². The molecule has 0 radical (unpaired) electrons. The summed E-state index contributed by atoms with van der Waals surface area (Å²) in [6.07, 6.45) is 5.17. The zero-order valence-electron chi connectivity index (χ0n) is 20.2. The summed E-state index contributed by atoms with van der Waals surface area (Å²) in [6, 6.07) is 12.9. The van der Waals surface area contributed by atoms with Crippen LogP contribution in [-0.2, 0) is 11.3 Å². The normalized spacial score (nSPS) is 15.6. The highest BCUT2D eigenvalue weighted by Gasteiger charge is 2.21. The minimum Gasteiger partial charge on any atom is -0.341 e. The molecule has 182 valence electrons. The van der Waals surface area contributed by atoms with E-state index in [4.69, 9.17) is 11.6 Å². The van der Waals surface area contributed by atoms with Crippen LogP contribution in [0.3, 0.4) is 0 Å². The molecule has 0 unspecified atom stereocenters. The second kappa shape index (κ2) is 10.8. The first kappa shape index (κ1) is 25.1. The van der Waals surface area contributed by atoms with Crippen molar-refractivity contribution in [3.8, 4) is 0 Å².